The average molecular weight is 454 g/mol. The molecule has 3 rings (SSSR count). The molecule has 0 bridgehead atoms. The summed E-state index contributed by atoms with van der Waals surface area (Å²) in [6.07, 6.45) is 0. The number of anilines is 2. The summed E-state index contributed by atoms with van der Waals surface area (Å²) < 4.78 is 18.7. The molecular formula is C23H23FN4O5. The molecule has 0 aliphatic carbocycles. The van der Waals surface area contributed by atoms with E-state index in [9.17, 15) is 23.9 Å². The lowest BCUT2D eigenvalue weighted by molar-refractivity contribution is -0.140. The first-order valence-corrected chi connectivity index (χ1v) is 10.1. The highest BCUT2D eigenvalue weighted by molar-refractivity contribution is 6.00. The van der Waals surface area contributed by atoms with Gasteiger partial charge in [0.15, 0.2) is 0 Å². The standard InChI is InChI=1S/C23H23FN4O5/c1-12(2)20(22(30)31)27-21(29)19-11-18(28-33-19)14-5-8-15(9-6-14)25-23(32)26-16-7-4-13(3)17(24)10-16/h4-12,20H,1-3H3,(H,27,29)(H,30,31)(H2,25,26,32). The van der Waals surface area contributed by atoms with Crippen LogP contribution in [0, 0.1) is 18.7 Å². The Morgan fingerprint density at radius 1 is 1.00 bits per heavy atom. The van der Waals surface area contributed by atoms with Crippen molar-refractivity contribution in [3.63, 3.8) is 0 Å². The number of nitrogens with one attached hydrogen (secondary N) is 3. The minimum absolute atomic E-state index is 0.121. The van der Waals surface area contributed by atoms with Crippen LogP contribution in [0.15, 0.2) is 53.1 Å². The molecule has 1 heterocycles. The number of aromatic nitrogens is 1. The topological polar surface area (TPSA) is 134 Å². The fourth-order valence-electron chi connectivity index (χ4n) is 2.93. The van der Waals surface area contributed by atoms with Gasteiger partial charge in [-0.3, -0.25) is 4.79 Å². The third kappa shape index (κ3) is 5.94. The van der Waals surface area contributed by atoms with E-state index in [0.29, 0.717) is 28.2 Å². The molecule has 2 aromatic carbocycles. The first-order chi connectivity index (χ1) is 15.6. The zero-order valence-electron chi connectivity index (χ0n) is 18.2. The van der Waals surface area contributed by atoms with Gasteiger partial charge in [-0.15, -0.1) is 0 Å². The highest BCUT2D eigenvalue weighted by atomic mass is 19.1. The SMILES string of the molecule is Cc1ccc(NC(=O)Nc2ccc(-c3cc(C(=O)NC(C(=O)O)C(C)C)on3)cc2)cc1F. The van der Waals surface area contributed by atoms with E-state index in [4.69, 9.17) is 4.52 Å². The van der Waals surface area contributed by atoms with Crippen molar-refractivity contribution < 1.29 is 28.4 Å². The summed E-state index contributed by atoms with van der Waals surface area (Å²) >= 11 is 0. The molecule has 3 amide bonds. The summed E-state index contributed by atoms with van der Waals surface area (Å²) in [5, 5.41) is 20.6. The van der Waals surface area contributed by atoms with Gasteiger partial charge < -0.3 is 25.6 Å². The van der Waals surface area contributed by atoms with Crippen molar-refractivity contribution in [1.82, 2.24) is 10.5 Å². The minimum Gasteiger partial charge on any atom is -0.480 e. The van der Waals surface area contributed by atoms with E-state index in [1.54, 1.807) is 57.2 Å². The van der Waals surface area contributed by atoms with Gasteiger partial charge in [0.25, 0.3) is 5.91 Å². The number of urea groups is 1. The number of aryl methyl sites for hydroxylation is 1. The summed E-state index contributed by atoms with van der Waals surface area (Å²) in [5.74, 6) is -2.67. The number of rotatable bonds is 7. The molecule has 3 aromatic rings. The van der Waals surface area contributed by atoms with Crippen LogP contribution in [0.3, 0.4) is 0 Å². The van der Waals surface area contributed by atoms with Crippen molar-refractivity contribution in [2.24, 2.45) is 5.92 Å². The van der Waals surface area contributed by atoms with Crippen molar-refractivity contribution in [2.45, 2.75) is 26.8 Å². The van der Waals surface area contributed by atoms with Crippen LogP contribution in [0.1, 0.15) is 30.0 Å². The van der Waals surface area contributed by atoms with Crippen LogP contribution in [0.2, 0.25) is 0 Å². The van der Waals surface area contributed by atoms with E-state index >= 15 is 0 Å². The Morgan fingerprint density at radius 2 is 1.64 bits per heavy atom. The fourth-order valence-corrected chi connectivity index (χ4v) is 2.93. The van der Waals surface area contributed by atoms with Crippen LogP contribution in [0.25, 0.3) is 11.3 Å². The molecule has 9 nitrogen and oxygen atoms in total. The highest BCUT2D eigenvalue weighted by Gasteiger charge is 2.25. The van der Waals surface area contributed by atoms with Gasteiger partial charge in [-0.25, -0.2) is 14.0 Å². The molecule has 1 unspecified atom stereocenters. The third-order valence-corrected chi connectivity index (χ3v) is 4.82. The normalized spacial score (nSPS) is 11.7. The maximum atomic E-state index is 13.6. The number of aliphatic carboxylic acids is 1. The summed E-state index contributed by atoms with van der Waals surface area (Å²) in [4.78, 5) is 35.7. The summed E-state index contributed by atoms with van der Waals surface area (Å²) in [6, 6.07) is 10.8. The third-order valence-electron chi connectivity index (χ3n) is 4.82. The van der Waals surface area contributed by atoms with E-state index in [0.717, 1.165) is 0 Å². The van der Waals surface area contributed by atoms with Gasteiger partial charge in [-0.1, -0.05) is 37.2 Å². The van der Waals surface area contributed by atoms with Crippen LogP contribution in [0.5, 0.6) is 0 Å². The molecule has 1 atom stereocenters. The van der Waals surface area contributed by atoms with Crippen LogP contribution in [0.4, 0.5) is 20.6 Å². The monoisotopic (exact) mass is 454 g/mol. The van der Waals surface area contributed by atoms with Crippen molar-refractivity contribution in [2.75, 3.05) is 10.6 Å². The second-order valence-electron chi connectivity index (χ2n) is 7.73. The van der Waals surface area contributed by atoms with Gasteiger partial charge in [-0.05, 0) is 42.7 Å². The maximum Gasteiger partial charge on any atom is 0.326 e. The molecule has 10 heteroatoms. The van der Waals surface area contributed by atoms with E-state index < -0.39 is 29.8 Å². The number of carboxylic acids is 1. The van der Waals surface area contributed by atoms with Gasteiger partial charge >= 0.3 is 12.0 Å². The quantitative estimate of drug-likeness (QED) is 0.421. The Morgan fingerprint density at radius 3 is 2.24 bits per heavy atom. The Bertz CT molecular complexity index is 1170. The second kappa shape index (κ2) is 9.94. The minimum atomic E-state index is -1.14. The highest BCUT2D eigenvalue weighted by Crippen LogP contribution is 2.22. The largest absolute Gasteiger partial charge is 0.480 e. The van der Waals surface area contributed by atoms with Crippen LogP contribution in [-0.2, 0) is 4.79 Å². The van der Waals surface area contributed by atoms with Gasteiger partial charge in [0.2, 0.25) is 5.76 Å². The van der Waals surface area contributed by atoms with Gasteiger partial charge in [-0.2, -0.15) is 0 Å². The van der Waals surface area contributed by atoms with Crippen LogP contribution in [-0.4, -0.2) is 34.2 Å². The zero-order valence-corrected chi connectivity index (χ0v) is 18.2. The molecule has 0 aliphatic heterocycles. The van der Waals surface area contributed by atoms with Crippen molar-refractivity contribution in [3.05, 3.63) is 65.7 Å². The number of hydrogen-bond donors (Lipinski definition) is 4. The molecule has 0 radical (unpaired) electrons. The number of carbonyl (C=O) groups excluding carboxylic acids is 2. The second-order valence-corrected chi connectivity index (χ2v) is 7.73. The van der Waals surface area contributed by atoms with E-state index in [2.05, 4.69) is 21.1 Å². The summed E-state index contributed by atoms with van der Waals surface area (Å²) in [7, 11) is 0. The van der Waals surface area contributed by atoms with E-state index in [1.165, 1.54) is 12.1 Å². The Hall–Kier alpha value is -4.21. The molecule has 33 heavy (non-hydrogen) atoms. The fraction of sp³-hybridized carbons (Fsp3) is 0.217. The van der Waals surface area contributed by atoms with Crippen LogP contribution < -0.4 is 16.0 Å². The van der Waals surface area contributed by atoms with Crippen molar-refractivity contribution in [3.8, 4) is 11.3 Å². The lowest BCUT2D eigenvalue weighted by Crippen LogP contribution is -2.44. The molecular weight excluding hydrogens is 431 g/mol. The van der Waals surface area contributed by atoms with Crippen LogP contribution >= 0.6 is 0 Å². The first-order valence-electron chi connectivity index (χ1n) is 10.1. The summed E-state index contributed by atoms with van der Waals surface area (Å²) in [6.45, 7) is 4.99. The summed E-state index contributed by atoms with van der Waals surface area (Å²) in [5.41, 5.74) is 2.26. The number of benzene rings is 2. The Balaban J connectivity index is 1.62. The van der Waals surface area contributed by atoms with E-state index in [-0.39, 0.29) is 11.7 Å². The zero-order chi connectivity index (χ0) is 24.1. The number of carboxylic acid groups (broad SMARTS) is 1. The molecule has 172 valence electrons. The molecule has 0 aliphatic rings. The molecule has 1 aromatic heterocycles. The predicted octanol–water partition coefficient (Wildman–Crippen LogP) is 4.27. The lowest BCUT2D eigenvalue weighted by atomic mass is 10.0. The van der Waals surface area contributed by atoms with Gasteiger partial charge in [0.05, 0.1) is 0 Å². The Labute approximate surface area is 189 Å². The molecule has 0 spiro atoms. The smallest absolute Gasteiger partial charge is 0.326 e. The number of halogens is 1. The molecule has 0 fully saturated rings. The first kappa shape index (κ1) is 23.5. The van der Waals surface area contributed by atoms with Crippen molar-refractivity contribution >= 4 is 29.3 Å². The predicted molar refractivity (Wildman–Crippen MR) is 119 cm³/mol. The number of amides is 3. The maximum absolute atomic E-state index is 13.6. The van der Waals surface area contributed by atoms with Crippen molar-refractivity contribution in [1.29, 1.82) is 0 Å². The number of hydrogen-bond acceptors (Lipinski definition) is 5. The average Bonchev–Trinajstić information content (AvgIpc) is 3.25. The molecule has 0 saturated heterocycles. The molecule has 0 saturated carbocycles. The number of nitrogens with zero attached hydrogens (tertiary/aromatic N) is 1. The lowest BCUT2D eigenvalue weighted by Gasteiger charge is -2.16. The van der Waals surface area contributed by atoms with Gasteiger partial charge in [0, 0.05) is 23.0 Å². The Kier molecular flexibility index (Phi) is 7.07. The van der Waals surface area contributed by atoms with E-state index in [1.807, 2.05) is 0 Å². The number of carbonyl (C=O) groups is 3. The molecule has 4 N–H and O–H groups in total. The van der Waals surface area contributed by atoms with Gasteiger partial charge in [0.1, 0.15) is 17.6 Å².